The molecule has 0 aliphatic heterocycles. The zero-order valence-electron chi connectivity index (χ0n) is 7.73. The van der Waals surface area contributed by atoms with Crippen molar-refractivity contribution in [1.82, 2.24) is 0 Å². The maximum absolute atomic E-state index is 2.33. The lowest BCUT2D eigenvalue weighted by Gasteiger charge is -2.40. The molecule has 0 radical (unpaired) electrons. The Hall–Kier alpha value is -0.330. The second-order valence-electron chi connectivity index (χ2n) is 4.17. The Morgan fingerprint density at radius 2 is 1.90 bits per heavy atom. The summed E-state index contributed by atoms with van der Waals surface area (Å²) in [6.45, 7) is 6.99. The molecule has 1 heteroatoms. The van der Waals surface area contributed by atoms with Crippen LogP contribution in [0.5, 0.6) is 0 Å². The molecule has 1 saturated carbocycles. The molecule has 1 aliphatic carbocycles. The maximum Gasteiger partial charge on any atom is 0.158 e. The zero-order valence-corrected chi connectivity index (χ0v) is 7.73. The molecule has 1 rings (SSSR count). The second-order valence-corrected chi connectivity index (χ2v) is 4.17. The minimum atomic E-state index is 0.462. The molecule has 0 aromatic carbocycles. The van der Waals surface area contributed by atoms with E-state index in [2.05, 4.69) is 39.4 Å². The first-order valence-electron chi connectivity index (χ1n) is 4.00. The topological polar surface area (TPSA) is 3.01 Å². The lowest BCUT2D eigenvalue weighted by Crippen LogP contribution is -2.47. The minimum Gasteiger partial charge on any atom is -0.242 e. The monoisotopic (exact) mass is 140 g/mol. The van der Waals surface area contributed by atoms with E-state index >= 15 is 0 Å². The van der Waals surface area contributed by atoms with Gasteiger partial charge in [-0.1, -0.05) is 20.8 Å². The summed E-state index contributed by atoms with van der Waals surface area (Å²) in [5.41, 5.74) is 2.06. The number of hydrogen-bond acceptors (Lipinski definition) is 0. The smallest absolute Gasteiger partial charge is 0.158 e. The van der Waals surface area contributed by atoms with Crippen LogP contribution in [0, 0.1) is 11.3 Å². The third-order valence-corrected chi connectivity index (χ3v) is 3.02. The SMILES string of the molecule is CC1CC(=[N+](C)C)C1(C)C. The fourth-order valence-corrected chi connectivity index (χ4v) is 1.72. The Kier molecular flexibility index (Phi) is 1.61. The molecule has 0 heterocycles. The van der Waals surface area contributed by atoms with E-state index in [1.54, 1.807) is 5.71 Å². The molecule has 1 unspecified atom stereocenters. The molecule has 0 saturated heterocycles. The molecule has 1 atom stereocenters. The largest absolute Gasteiger partial charge is 0.242 e. The van der Waals surface area contributed by atoms with Crippen molar-refractivity contribution < 1.29 is 4.58 Å². The first kappa shape index (κ1) is 7.77. The maximum atomic E-state index is 2.33. The normalized spacial score (nSPS) is 29.7. The molecular formula is C9H18N+. The third kappa shape index (κ3) is 0.882. The minimum absolute atomic E-state index is 0.462. The van der Waals surface area contributed by atoms with Gasteiger partial charge in [0.2, 0.25) is 0 Å². The van der Waals surface area contributed by atoms with Gasteiger partial charge < -0.3 is 0 Å². The number of hydrogen-bond donors (Lipinski definition) is 0. The van der Waals surface area contributed by atoms with E-state index in [0.717, 1.165) is 5.92 Å². The summed E-state index contributed by atoms with van der Waals surface area (Å²) in [4.78, 5) is 0. The van der Waals surface area contributed by atoms with Gasteiger partial charge in [-0.2, -0.15) is 0 Å². The average Bonchev–Trinajstić information content (AvgIpc) is 1.82. The summed E-state index contributed by atoms with van der Waals surface area (Å²) in [6.07, 6.45) is 1.29. The fraction of sp³-hybridized carbons (Fsp3) is 0.889. The first-order chi connectivity index (χ1) is 4.46. The predicted octanol–water partition coefficient (Wildman–Crippen LogP) is 1.77. The molecule has 0 amide bonds. The van der Waals surface area contributed by atoms with Gasteiger partial charge >= 0.3 is 0 Å². The van der Waals surface area contributed by atoms with Crippen LogP contribution >= 0.6 is 0 Å². The van der Waals surface area contributed by atoms with Crippen LogP contribution in [0.1, 0.15) is 27.2 Å². The standard InChI is InChI=1S/C9H18N/c1-7-6-8(10(4)5)9(7,2)3/h7H,6H2,1-5H3/q+1. The molecule has 0 bridgehead atoms. The third-order valence-electron chi connectivity index (χ3n) is 3.02. The van der Waals surface area contributed by atoms with Crippen LogP contribution in [0.2, 0.25) is 0 Å². The van der Waals surface area contributed by atoms with Crippen LogP contribution in [-0.4, -0.2) is 24.4 Å². The van der Waals surface area contributed by atoms with Gasteiger partial charge in [-0.15, -0.1) is 0 Å². The van der Waals surface area contributed by atoms with E-state index in [1.165, 1.54) is 6.42 Å². The summed E-state index contributed by atoms with van der Waals surface area (Å²) < 4.78 is 2.26. The second kappa shape index (κ2) is 2.08. The molecule has 10 heavy (non-hydrogen) atoms. The van der Waals surface area contributed by atoms with Crippen LogP contribution < -0.4 is 0 Å². The van der Waals surface area contributed by atoms with E-state index in [-0.39, 0.29) is 0 Å². The lowest BCUT2D eigenvalue weighted by molar-refractivity contribution is -0.474. The van der Waals surface area contributed by atoms with Crippen molar-refractivity contribution in [3.05, 3.63) is 0 Å². The lowest BCUT2D eigenvalue weighted by atomic mass is 9.61. The van der Waals surface area contributed by atoms with E-state index in [1.807, 2.05) is 0 Å². The number of rotatable bonds is 0. The van der Waals surface area contributed by atoms with Crippen molar-refractivity contribution in [3.63, 3.8) is 0 Å². The Morgan fingerprint density at radius 3 is 2.00 bits per heavy atom. The van der Waals surface area contributed by atoms with Crippen LogP contribution in [0.4, 0.5) is 0 Å². The highest BCUT2D eigenvalue weighted by Gasteiger charge is 2.47. The van der Waals surface area contributed by atoms with Gasteiger partial charge in [-0.05, 0) is 5.92 Å². The summed E-state index contributed by atoms with van der Waals surface area (Å²) in [6, 6.07) is 0. The van der Waals surface area contributed by atoms with Crippen molar-refractivity contribution in [2.75, 3.05) is 14.1 Å². The van der Waals surface area contributed by atoms with Crippen LogP contribution in [0.25, 0.3) is 0 Å². The van der Waals surface area contributed by atoms with Gasteiger partial charge in [0.1, 0.15) is 14.1 Å². The van der Waals surface area contributed by atoms with Gasteiger partial charge in [0.25, 0.3) is 0 Å². The first-order valence-corrected chi connectivity index (χ1v) is 4.00. The average molecular weight is 140 g/mol. The van der Waals surface area contributed by atoms with Crippen molar-refractivity contribution in [2.45, 2.75) is 27.2 Å². The molecule has 1 aliphatic rings. The van der Waals surface area contributed by atoms with Crippen molar-refractivity contribution >= 4 is 5.71 Å². The van der Waals surface area contributed by atoms with Gasteiger partial charge in [-0.25, -0.2) is 4.58 Å². The highest BCUT2D eigenvalue weighted by molar-refractivity contribution is 5.91. The summed E-state index contributed by atoms with van der Waals surface area (Å²) >= 11 is 0. The van der Waals surface area contributed by atoms with Gasteiger partial charge in [-0.3, -0.25) is 0 Å². The highest BCUT2D eigenvalue weighted by atomic mass is 15.0. The summed E-state index contributed by atoms with van der Waals surface area (Å²) in [7, 11) is 4.28. The van der Waals surface area contributed by atoms with E-state index in [0.29, 0.717) is 5.41 Å². The summed E-state index contributed by atoms with van der Waals surface area (Å²) in [5, 5.41) is 0. The highest BCUT2D eigenvalue weighted by Crippen LogP contribution is 2.42. The molecular weight excluding hydrogens is 122 g/mol. The molecule has 58 valence electrons. The van der Waals surface area contributed by atoms with E-state index in [4.69, 9.17) is 0 Å². The molecule has 1 fully saturated rings. The van der Waals surface area contributed by atoms with Crippen LogP contribution in [-0.2, 0) is 0 Å². The molecule has 0 spiro atoms. The van der Waals surface area contributed by atoms with Crippen molar-refractivity contribution in [2.24, 2.45) is 11.3 Å². The number of nitrogens with zero attached hydrogens (tertiary/aromatic N) is 1. The van der Waals surface area contributed by atoms with E-state index in [9.17, 15) is 0 Å². The Balaban J connectivity index is 2.83. The van der Waals surface area contributed by atoms with Crippen molar-refractivity contribution in [3.8, 4) is 0 Å². The Morgan fingerprint density at radius 1 is 1.40 bits per heavy atom. The molecule has 1 nitrogen and oxygen atoms in total. The van der Waals surface area contributed by atoms with Gasteiger partial charge in [0, 0.05) is 11.8 Å². The Labute approximate surface area is 63.8 Å². The molecule has 0 aromatic rings. The van der Waals surface area contributed by atoms with Gasteiger partial charge in [0.05, 0.1) is 0 Å². The molecule has 0 N–H and O–H groups in total. The van der Waals surface area contributed by atoms with Crippen LogP contribution in [0.3, 0.4) is 0 Å². The quantitative estimate of drug-likeness (QED) is 0.451. The zero-order chi connectivity index (χ0) is 7.94. The van der Waals surface area contributed by atoms with Crippen LogP contribution in [0.15, 0.2) is 0 Å². The molecule has 0 aromatic heterocycles. The predicted molar refractivity (Wildman–Crippen MR) is 44.7 cm³/mol. The Bertz CT molecular complexity index is 173. The van der Waals surface area contributed by atoms with E-state index < -0.39 is 0 Å². The van der Waals surface area contributed by atoms with Crippen molar-refractivity contribution in [1.29, 1.82) is 0 Å². The summed E-state index contributed by atoms with van der Waals surface area (Å²) in [5.74, 6) is 0.866. The fourth-order valence-electron chi connectivity index (χ4n) is 1.72. The van der Waals surface area contributed by atoms with Gasteiger partial charge in [0.15, 0.2) is 5.71 Å².